The quantitative estimate of drug-likeness (QED) is 0.785. The molecule has 0 aliphatic heterocycles. The van der Waals surface area contributed by atoms with Gasteiger partial charge in [-0.1, -0.05) is 22.0 Å². The summed E-state index contributed by atoms with van der Waals surface area (Å²) >= 11 is 3.57. The Bertz CT molecular complexity index is 344. The van der Waals surface area contributed by atoms with Gasteiger partial charge < -0.3 is 14.8 Å². The van der Waals surface area contributed by atoms with E-state index in [-0.39, 0.29) is 0 Å². The number of hydrogen-bond donors (Lipinski definition) is 1. The van der Waals surface area contributed by atoms with E-state index >= 15 is 0 Å². The highest BCUT2D eigenvalue weighted by atomic mass is 79.9. The van der Waals surface area contributed by atoms with Crippen LogP contribution in [0.25, 0.3) is 0 Å². The van der Waals surface area contributed by atoms with Crippen LogP contribution in [-0.4, -0.2) is 27.4 Å². The molecule has 1 atom stereocenters. The van der Waals surface area contributed by atoms with E-state index < -0.39 is 0 Å². The molecule has 17 heavy (non-hydrogen) atoms. The van der Waals surface area contributed by atoms with Gasteiger partial charge in [0.1, 0.15) is 5.75 Å². The van der Waals surface area contributed by atoms with Crippen molar-refractivity contribution in [3.63, 3.8) is 0 Å². The highest BCUT2D eigenvalue weighted by Gasteiger charge is 2.08. The predicted molar refractivity (Wildman–Crippen MR) is 73.6 cm³/mol. The Morgan fingerprint density at radius 2 is 2.12 bits per heavy atom. The third-order valence-corrected chi connectivity index (χ3v) is 3.32. The van der Waals surface area contributed by atoms with Crippen LogP contribution in [0, 0.1) is 0 Å². The Morgan fingerprint density at radius 1 is 1.35 bits per heavy atom. The lowest BCUT2D eigenvalue weighted by Gasteiger charge is -2.14. The maximum Gasteiger partial charge on any atom is 0.120 e. The summed E-state index contributed by atoms with van der Waals surface area (Å²) in [6, 6.07) is 6.42. The molecule has 3 nitrogen and oxygen atoms in total. The number of rotatable bonds is 7. The minimum Gasteiger partial charge on any atom is -0.493 e. The number of halogens is 1. The zero-order valence-corrected chi connectivity index (χ0v) is 12.2. The first kappa shape index (κ1) is 14.5. The summed E-state index contributed by atoms with van der Waals surface area (Å²) in [4.78, 5) is 0. The molecule has 0 heterocycles. The molecule has 0 radical (unpaired) electrons. The summed E-state index contributed by atoms with van der Waals surface area (Å²) < 4.78 is 11.7. The van der Waals surface area contributed by atoms with Crippen LogP contribution in [0.15, 0.2) is 22.7 Å². The van der Waals surface area contributed by atoms with Gasteiger partial charge in [0.25, 0.3) is 0 Å². The fourth-order valence-corrected chi connectivity index (χ4v) is 2.20. The van der Waals surface area contributed by atoms with Gasteiger partial charge in [0.2, 0.25) is 0 Å². The van der Waals surface area contributed by atoms with Crippen molar-refractivity contribution in [3.05, 3.63) is 28.2 Å². The van der Waals surface area contributed by atoms with Gasteiger partial charge in [0, 0.05) is 30.7 Å². The van der Waals surface area contributed by atoms with Gasteiger partial charge in [-0.05, 0) is 31.7 Å². The van der Waals surface area contributed by atoms with Gasteiger partial charge in [-0.15, -0.1) is 0 Å². The molecule has 0 bridgehead atoms. The van der Waals surface area contributed by atoms with Gasteiger partial charge in [-0.25, -0.2) is 0 Å². The van der Waals surface area contributed by atoms with Gasteiger partial charge in [-0.3, -0.25) is 0 Å². The average molecular weight is 302 g/mol. The molecular weight excluding hydrogens is 282 g/mol. The number of ether oxygens (including phenoxy) is 2. The van der Waals surface area contributed by atoms with E-state index in [0.717, 1.165) is 23.2 Å². The molecule has 0 aliphatic carbocycles. The third-order valence-electron chi connectivity index (χ3n) is 2.63. The maximum atomic E-state index is 5.63. The van der Waals surface area contributed by atoms with E-state index in [0.29, 0.717) is 12.6 Å². The fourth-order valence-electron chi connectivity index (χ4n) is 1.50. The normalized spacial score (nSPS) is 12.5. The molecule has 1 aromatic rings. The Morgan fingerprint density at radius 3 is 2.71 bits per heavy atom. The largest absolute Gasteiger partial charge is 0.493 e. The minimum atomic E-state index is 0.326. The van der Waals surface area contributed by atoms with Crippen LogP contribution in [-0.2, 0) is 4.74 Å². The van der Waals surface area contributed by atoms with Crippen molar-refractivity contribution in [3.8, 4) is 5.75 Å². The van der Waals surface area contributed by atoms with E-state index in [9.17, 15) is 0 Å². The van der Waals surface area contributed by atoms with Crippen molar-refractivity contribution in [1.82, 2.24) is 5.32 Å². The molecule has 4 heteroatoms. The molecule has 0 fully saturated rings. The Hall–Kier alpha value is -0.580. The number of methoxy groups -OCH3 is 1. The highest BCUT2D eigenvalue weighted by molar-refractivity contribution is 9.10. The number of nitrogens with one attached hydrogen (secondary N) is 1. The van der Waals surface area contributed by atoms with Crippen molar-refractivity contribution >= 4 is 15.9 Å². The minimum absolute atomic E-state index is 0.326. The lowest BCUT2D eigenvalue weighted by atomic mass is 10.1. The molecule has 0 aliphatic rings. The Labute approximate surface area is 112 Å². The summed E-state index contributed by atoms with van der Waals surface area (Å²) in [7, 11) is 3.65. The molecule has 0 aromatic heterocycles. The molecule has 0 saturated carbocycles. The predicted octanol–water partition coefficient (Wildman–Crippen LogP) is 3.14. The Balaban J connectivity index is 2.56. The third kappa shape index (κ3) is 4.66. The van der Waals surface area contributed by atoms with Gasteiger partial charge in [-0.2, -0.15) is 0 Å². The molecular formula is C13H20BrNO2. The van der Waals surface area contributed by atoms with E-state index in [2.05, 4.69) is 34.2 Å². The van der Waals surface area contributed by atoms with Crippen molar-refractivity contribution in [2.45, 2.75) is 19.4 Å². The molecule has 1 N–H and O–H groups in total. The highest BCUT2D eigenvalue weighted by Crippen LogP contribution is 2.27. The van der Waals surface area contributed by atoms with Gasteiger partial charge in [0.15, 0.2) is 0 Å². The van der Waals surface area contributed by atoms with Crippen LogP contribution in [0.5, 0.6) is 5.75 Å². The standard InChI is InChI=1S/C13H20BrNO2/c1-10(15-2)12-6-5-11(9-13(12)14)17-8-4-7-16-3/h5-6,9-10,15H,4,7-8H2,1-3H3. The topological polar surface area (TPSA) is 30.5 Å². The summed E-state index contributed by atoms with van der Waals surface area (Å²) in [5.74, 6) is 0.889. The lowest BCUT2D eigenvalue weighted by Crippen LogP contribution is -2.12. The number of benzene rings is 1. The molecule has 1 aromatic carbocycles. The van der Waals surface area contributed by atoms with Crippen molar-refractivity contribution in [2.75, 3.05) is 27.4 Å². The van der Waals surface area contributed by atoms with Crippen LogP contribution in [0.1, 0.15) is 24.9 Å². The zero-order valence-electron chi connectivity index (χ0n) is 10.6. The van der Waals surface area contributed by atoms with Crippen LogP contribution in [0.2, 0.25) is 0 Å². The Kier molecular flexibility index (Phi) is 6.55. The van der Waals surface area contributed by atoms with E-state index in [1.165, 1.54) is 5.56 Å². The summed E-state index contributed by atoms with van der Waals surface area (Å²) in [6.07, 6.45) is 0.906. The smallest absolute Gasteiger partial charge is 0.120 e. The molecule has 0 spiro atoms. The zero-order chi connectivity index (χ0) is 12.7. The average Bonchev–Trinajstić information content (AvgIpc) is 2.34. The van der Waals surface area contributed by atoms with Crippen molar-refractivity contribution in [1.29, 1.82) is 0 Å². The fraction of sp³-hybridized carbons (Fsp3) is 0.538. The first-order valence-electron chi connectivity index (χ1n) is 5.77. The van der Waals surface area contributed by atoms with E-state index in [1.807, 2.05) is 19.2 Å². The van der Waals surface area contributed by atoms with Crippen LogP contribution in [0.4, 0.5) is 0 Å². The van der Waals surface area contributed by atoms with Crippen LogP contribution >= 0.6 is 15.9 Å². The van der Waals surface area contributed by atoms with Gasteiger partial charge in [0.05, 0.1) is 6.61 Å². The summed E-state index contributed by atoms with van der Waals surface area (Å²) in [6.45, 7) is 3.54. The maximum absolute atomic E-state index is 5.63. The molecule has 1 unspecified atom stereocenters. The van der Waals surface area contributed by atoms with Crippen LogP contribution < -0.4 is 10.1 Å². The summed E-state index contributed by atoms with van der Waals surface area (Å²) in [5, 5.41) is 3.21. The first-order chi connectivity index (χ1) is 8.19. The molecule has 96 valence electrons. The van der Waals surface area contributed by atoms with Gasteiger partial charge >= 0.3 is 0 Å². The van der Waals surface area contributed by atoms with E-state index in [4.69, 9.17) is 9.47 Å². The second kappa shape index (κ2) is 7.69. The first-order valence-corrected chi connectivity index (χ1v) is 6.56. The summed E-state index contributed by atoms with van der Waals surface area (Å²) in [5.41, 5.74) is 1.23. The van der Waals surface area contributed by atoms with E-state index in [1.54, 1.807) is 7.11 Å². The lowest BCUT2D eigenvalue weighted by molar-refractivity contribution is 0.172. The SMILES string of the molecule is CNC(C)c1ccc(OCCCOC)cc1Br. The monoisotopic (exact) mass is 301 g/mol. The second-order valence-electron chi connectivity index (χ2n) is 3.89. The van der Waals surface area contributed by atoms with Crippen molar-refractivity contribution in [2.24, 2.45) is 0 Å². The van der Waals surface area contributed by atoms with Crippen LogP contribution in [0.3, 0.4) is 0 Å². The number of hydrogen-bond acceptors (Lipinski definition) is 3. The van der Waals surface area contributed by atoms with Crippen molar-refractivity contribution < 1.29 is 9.47 Å². The molecule has 0 amide bonds. The second-order valence-corrected chi connectivity index (χ2v) is 4.74. The molecule has 0 saturated heterocycles. The molecule has 1 rings (SSSR count).